The minimum Gasteiger partial charge on any atom is -0.466 e. The molecule has 530 valence electrons. The molecular weight excluding hydrogens is 1120 g/mol. The van der Waals surface area contributed by atoms with Gasteiger partial charge in [-0.2, -0.15) is 0 Å². The van der Waals surface area contributed by atoms with Crippen LogP contribution in [0.4, 0.5) is 0 Å². The van der Waals surface area contributed by atoms with Crippen LogP contribution in [0.5, 0.6) is 0 Å². The molecule has 7 unspecified atom stereocenters. The first-order valence-corrected chi connectivity index (χ1v) is 39.3. The molecule has 1 fully saturated rings. The molecule has 1 amide bonds. The lowest BCUT2D eigenvalue weighted by atomic mass is 9.99. The molecule has 11 heteroatoms. The van der Waals surface area contributed by atoms with Gasteiger partial charge in [-0.05, 0) is 64.2 Å². The Labute approximate surface area is 555 Å². The highest BCUT2D eigenvalue weighted by Gasteiger charge is 2.44. The number of aliphatic hydroxyl groups excluding tert-OH is 5. The average Bonchev–Trinajstić information content (AvgIpc) is 2.62. The van der Waals surface area contributed by atoms with E-state index >= 15 is 0 Å². The van der Waals surface area contributed by atoms with Gasteiger partial charge in [-0.1, -0.05) is 352 Å². The summed E-state index contributed by atoms with van der Waals surface area (Å²) in [4.78, 5) is 25.2. The Morgan fingerprint density at radius 1 is 0.411 bits per heavy atom. The Bertz CT molecular complexity index is 1590. The predicted octanol–water partition coefficient (Wildman–Crippen LogP) is 20.9. The first-order valence-electron chi connectivity index (χ1n) is 39.3. The van der Waals surface area contributed by atoms with Crippen LogP contribution in [0, 0.1) is 0 Å². The molecule has 0 bridgehead atoms. The number of esters is 1. The first kappa shape index (κ1) is 85.9. The van der Waals surface area contributed by atoms with Crippen LogP contribution in [0.1, 0.15) is 393 Å². The van der Waals surface area contributed by atoms with E-state index in [2.05, 4.69) is 43.5 Å². The van der Waals surface area contributed by atoms with E-state index in [1.807, 2.05) is 6.08 Å². The van der Waals surface area contributed by atoms with Crippen LogP contribution in [0.3, 0.4) is 0 Å². The van der Waals surface area contributed by atoms with E-state index in [-0.39, 0.29) is 18.5 Å². The summed E-state index contributed by atoms with van der Waals surface area (Å²) in [5, 5.41) is 54.4. The first-order chi connectivity index (χ1) is 44.2. The van der Waals surface area contributed by atoms with Gasteiger partial charge in [0.15, 0.2) is 6.29 Å². The summed E-state index contributed by atoms with van der Waals surface area (Å²) in [7, 11) is 0. The fourth-order valence-corrected chi connectivity index (χ4v) is 12.6. The van der Waals surface area contributed by atoms with Gasteiger partial charge in [-0.15, -0.1) is 0 Å². The number of rotatable bonds is 70. The zero-order chi connectivity index (χ0) is 65.1. The van der Waals surface area contributed by atoms with Crippen molar-refractivity contribution in [3.63, 3.8) is 0 Å². The second-order valence-corrected chi connectivity index (χ2v) is 27.4. The van der Waals surface area contributed by atoms with Crippen molar-refractivity contribution in [2.24, 2.45) is 0 Å². The minimum atomic E-state index is -1.57. The number of amides is 1. The molecule has 1 saturated heterocycles. The molecule has 1 heterocycles. The summed E-state index contributed by atoms with van der Waals surface area (Å²) in [5.41, 5.74) is 0. The lowest BCUT2D eigenvalue weighted by molar-refractivity contribution is -0.302. The Hall–Kier alpha value is -2.12. The van der Waals surface area contributed by atoms with Crippen LogP contribution >= 0.6 is 0 Å². The van der Waals surface area contributed by atoms with Gasteiger partial charge < -0.3 is 45.1 Å². The molecule has 1 aliphatic rings. The normalized spacial score (nSPS) is 17.8. The third-order valence-electron chi connectivity index (χ3n) is 18.7. The molecule has 6 N–H and O–H groups in total. The van der Waals surface area contributed by atoms with Crippen LogP contribution < -0.4 is 5.32 Å². The van der Waals surface area contributed by atoms with Crippen molar-refractivity contribution in [3.8, 4) is 0 Å². The fraction of sp³-hybridized carbons (Fsp3) is 0.899. The van der Waals surface area contributed by atoms with E-state index in [0.29, 0.717) is 19.4 Å². The second-order valence-electron chi connectivity index (χ2n) is 27.4. The molecule has 11 nitrogen and oxygen atoms in total. The number of carbonyl (C=O) groups is 2. The highest BCUT2D eigenvalue weighted by molar-refractivity contribution is 5.76. The second kappa shape index (κ2) is 68.3. The third kappa shape index (κ3) is 56.2. The summed E-state index contributed by atoms with van der Waals surface area (Å²) in [5.74, 6) is -0.167. The smallest absolute Gasteiger partial charge is 0.305 e. The maximum atomic E-state index is 13.0. The highest BCUT2D eigenvalue weighted by Crippen LogP contribution is 2.24. The van der Waals surface area contributed by atoms with E-state index in [4.69, 9.17) is 14.2 Å². The molecule has 0 spiro atoms. The molecule has 0 aliphatic carbocycles. The molecule has 0 aromatic carbocycles. The van der Waals surface area contributed by atoms with Crippen molar-refractivity contribution >= 4 is 11.9 Å². The zero-order valence-corrected chi connectivity index (χ0v) is 59.1. The van der Waals surface area contributed by atoms with Gasteiger partial charge in [0, 0.05) is 12.8 Å². The predicted molar refractivity (Wildman–Crippen MR) is 380 cm³/mol. The average molecular weight is 1270 g/mol. The Morgan fingerprint density at radius 3 is 1.12 bits per heavy atom. The summed E-state index contributed by atoms with van der Waals surface area (Å²) >= 11 is 0. The number of hydrogen-bond donors (Lipinski definition) is 6. The number of nitrogens with one attached hydrogen (secondary N) is 1. The largest absolute Gasteiger partial charge is 0.466 e. The molecule has 90 heavy (non-hydrogen) atoms. The topological polar surface area (TPSA) is 175 Å². The van der Waals surface area contributed by atoms with Crippen LogP contribution in [0.2, 0.25) is 0 Å². The monoisotopic (exact) mass is 1270 g/mol. The summed E-state index contributed by atoms with van der Waals surface area (Å²) in [6, 6.07) is -0.808. The summed E-state index contributed by atoms with van der Waals surface area (Å²) in [6.45, 7) is 4.37. The molecule has 0 saturated carbocycles. The molecule has 1 rings (SSSR count). The Morgan fingerprint density at radius 2 is 0.744 bits per heavy atom. The standard InChI is InChI=1S/C79H149NO10/c1-3-5-7-9-11-13-15-16-17-18-34-38-41-44-47-51-55-59-63-67-75(84)88-68-64-60-56-52-48-45-42-39-36-33-31-29-27-25-23-21-19-20-22-24-26-28-30-32-35-37-40-43-46-50-54-58-62-66-74(83)80-71(70-89-79-78(87)77(86)76(85)73(69-81)90-79)72(82)65-61-57-53-49-14-12-10-8-6-4-2/h23,25,29,31,61,65,71-73,76-79,81-82,85-87H,3-22,24,26-28,30,32-60,62-64,66-70H2,1-2H3,(H,80,83)/b25-23-,31-29-,65-61+. The van der Waals surface area contributed by atoms with Gasteiger partial charge in [0.05, 0.1) is 32.0 Å². The van der Waals surface area contributed by atoms with E-state index in [0.717, 1.165) is 57.8 Å². The van der Waals surface area contributed by atoms with Crippen molar-refractivity contribution < 1.29 is 49.3 Å². The number of ether oxygens (including phenoxy) is 3. The highest BCUT2D eigenvalue weighted by atomic mass is 16.7. The van der Waals surface area contributed by atoms with E-state index < -0.39 is 49.5 Å². The third-order valence-corrected chi connectivity index (χ3v) is 18.7. The van der Waals surface area contributed by atoms with Crippen LogP contribution in [0.15, 0.2) is 36.5 Å². The van der Waals surface area contributed by atoms with E-state index in [1.165, 1.54) is 308 Å². The molecule has 1 aliphatic heterocycles. The number of aliphatic hydroxyl groups is 5. The maximum absolute atomic E-state index is 13.0. The molecule has 0 aromatic heterocycles. The van der Waals surface area contributed by atoms with E-state index in [1.54, 1.807) is 6.08 Å². The lowest BCUT2D eigenvalue weighted by Crippen LogP contribution is -2.60. The van der Waals surface area contributed by atoms with Crippen molar-refractivity contribution in [2.75, 3.05) is 19.8 Å². The molecule has 7 atom stereocenters. The van der Waals surface area contributed by atoms with Gasteiger partial charge in [0.25, 0.3) is 0 Å². The number of unbranched alkanes of at least 4 members (excludes halogenated alkanes) is 52. The number of allylic oxidation sites excluding steroid dienone is 5. The van der Waals surface area contributed by atoms with Crippen molar-refractivity contribution in [1.82, 2.24) is 5.32 Å². The summed E-state index contributed by atoms with van der Waals surface area (Å²) < 4.78 is 16.8. The fourth-order valence-electron chi connectivity index (χ4n) is 12.6. The number of carbonyl (C=O) groups excluding carboxylic acids is 2. The quantitative estimate of drug-likeness (QED) is 0.0195. The van der Waals surface area contributed by atoms with Crippen LogP contribution in [-0.4, -0.2) is 100 Å². The molecule has 0 radical (unpaired) electrons. The Balaban J connectivity index is 1.89. The van der Waals surface area contributed by atoms with Gasteiger partial charge in [0.1, 0.15) is 24.4 Å². The van der Waals surface area contributed by atoms with Gasteiger partial charge in [0.2, 0.25) is 5.91 Å². The van der Waals surface area contributed by atoms with Crippen molar-refractivity contribution in [1.29, 1.82) is 0 Å². The maximum Gasteiger partial charge on any atom is 0.305 e. The molecular formula is C79H149NO10. The van der Waals surface area contributed by atoms with Gasteiger partial charge in [-0.3, -0.25) is 9.59 Å². The van der Waals surface area contributed by atoms with Crippen molar-refractivity contribution in [3.05, 3.63) is 36.5 Å². The van der Waals surface area contributed by atoms with Crippen molar-refractivity contribution in [2.45, 2.75) is 436 Å². The SMILES string of the molecule is CCCCCCCCCC/C=C/C(O)C(COC1OC(CO)C(O)C(O)C1O)NC(=O)CCCCCCCCCCCCCCCCCCC/C=C\C/C=C\CCCCCCCCCCCOC(=O)CCCCCCCCCCCCCCCCCCCCC. The minimum absolute atomic E-state index is 0.0124. The van der Waals surface area contributed by atoms with E-state index in [9.17, 15) is 35.1 Å². The molecule has 0 aromatic rings. The van der Waals surface area contributed by atoms with Crippen LogP contribution in [0.25, 0.3) is 0 Å². The number of hydrogen-bond acceptors (Lipinski definition) is 10. The lowest BCUT2D eigenvalue weighted by Gasteiger charge is -2.40. The van der Waals surface area contributed by atoms with Gasteiger partial charge >= 0.3 is 5.97 Å². The zero-order valence-electron chi connectivity index (χ0n) is 59.1. The van der Waals surface area contributed by atoms with Crippen LogP contribution in [-0.2, 0) is 23.8 Å². The Kier molecular flexibility index (Phi) is 65.2. The summed E-state index contributed by atoms with van der Waals surface area (Å²) in [6.07, 6.45) is 78.9. The van der Waals surface area contributed by atoms with Gasteiger partial charge in [-0.25, -0.2) is 0 Å².